The zero-order valence-corrected chi connectivity index (χ0v) is 15.8. The van der Waals surface area contributed by atoms with E-state index in [9.17, 15) is 31.7 Å². The van der Waals surface area contributed by atoms with Gasteiger partial charge >= 0.3 is 6.18 Å². The predicted molar refractivity (Wildman–Crippen MR) is 96.2 cm³/mol. The second-order valence-corrected chi connectivity index (χ2v) is 7.99. The number of aryl methyl sites for hydroxylation is 1. The maximum Gasteiger partial charge on any atom is 0.416 e. The SMILES string of the molecule is CNS(=O)(=O)c1ccc([N+](=O)[O-])cc1C[C@H](N)c1ccc(C)c(C(F)(F)F)c1. The molecule has 0 aliphatic heterocycles. The molecule has 0 aliphatic carbocycles. The molecular weight excluding hydrogens is 399 g/mol. The van der Waals surface area contributed by atoms with Crippen LogP contribution in [0, 0.1) is 17.0 Å². The van der Waals surface area contributed by atoms with Crippen LogP contribution in [0.5, 0.6) is 0 Å². The van der Waals surface area contributed by atoms with E-state index in [1.807, 2.05) is 0 Å². The second-order valence-electron chi connectivity index (χ2n) is 6.14. The van der Waals surface area contributed by atoms with Crippen LogP contribution in [-0.2, 0) is 22.6 Å². The molecule has 0 aromatic heterocycles. The Kier molecular flexibility index (Phi) is 6.12. The van der Waals surface area contributed by atoms with Gasteiger partial charge in [-0.1, -0.05) is 12.1 Å². The zero-order chi connectivity index (χ0) is 21.3. The van der Waals surface area contributed by atoms with Crippen LogP contribution in [0.1, 0.15) is 28.3 Å². The Morgan fingerprint density at radius 1 is 1.21 bits per heavy atom. The van der Waals surface area contributed by atoms with Crippen molar-refractivity contribution in [3.05, 3.63) is 68.8 Å². The van der Waals surface area contributed by atoms with Gasteiger partial charge in [0.1, 0.15) is 0 Å². The second kappa shape index (κ2) is 7.86. The number of non-ortho nitro benzene ring substituents is 1. The number of alkyl halides is 3. The monoisotopic (exact) mass is 417 g/mol. The summed E-state index contributed by atoms with van der Waals surface area (Å²) in [7, 11) is -2.77. The van der Waals surface area contributed by atoms with Crippen LogP contribution >= 0.6 is 0 Å². The molecule has 2 aromatic rings. The fourth-order valence-electron chi connectivity index (χ4n) is 2.74. The fourth-order valence-corrected chi connectivity index (χ4v) is 3.70. The van der Waals surface area contributed by atoms with Gasteiger partial charge in [0, 0.05) is 18.2 Å². The third kappa shape index (κ3) is 4.66. The lowest BCUT2D eigenvalue weighted by atomic mass is 9.95. The van der Waals surface area contributed by atoms with Crippen LogP contribution in [0.3, 0.4) is 0 Å². The lowest BCUT2D eigenvalue weighted by molar-refractivity contribution is -0.385. The van der Waals surface area contributed by atoms with Crippen molar-refractivity contribution in [1.29, 1.82) is 0 Å². The highest BCUT2D eigenvalue weighted by Gasteiger charge is 2.33. The number of hydrogen-bond donors (Lipinski definition) is 2. The molecular formula is C17H18F3N3O4S. The smallest absolute Gasteiger partial charge is 0.324 e. The van der Waals surface area contributed by atoms with Gasteiger partial charge in [0.25, 0.3) is 5.69 Å². The highest BCUT2D eigenvalue weighted by molar-refractivity contribution is 7.89. The van der Waals surface area contributed by atoms with Gasteiger partial charge in [0.15, 0.2) is 0 Å². The molecule has 0 spiro atoms. The van der Waals surface area contributed by atoms with Crippen molar-refractivity contribution < 1.29 is 26.5 Å². The van der Waals surface area contributed by atoms with Gasteiger partial charge in [-0.05, 0) is 49.2 Å². The van der Waals surface area contributed by atoms with Gasteiger partial charge in [0.05, 0.1) is 15.4 Å². The van der Waals surface area contributed by atoms with Crippen molar-refractivity contribution in [3.8, 4) is 0 Å². The third-order valence-corrected chi connectivity index (χ3v) is 5.76. The fraction of sp³-hybridized carbons (Fsp3) is 0.294. The number of sulfonamides is 1. The lowest BCUT2D eigenvalue weighted by Crippen LogP contribution is -2.22. The quantitative estimate of drug-likeness (QED) is 0.554. The number of nitrogens with one attached hydrogen (secondary N) is 1. The number of rotatable bonds is 6. The summed E-state index contributed by atoms with van der Waals surface area (Å²) in [6.45, 7) is 1.32. The van der Waals surface area contributed by atoms with Gasteiger partial charge in [0.2, 0.25) is 10.0 Å². The zero-order valence-electron chi connectivity index (χ0n) is 14.9. The van der Waals surface area contributed by atoms with E-state index in [0.29, 0.717) is 0 Å². The number of halogens is 3. The minimum absolute atomic E-state index is 0.0252. The van der Waals surface area contributed by atoms with E-state index >= 15 is 0 Å². The van der Waals surface area contributed by atoms with Gasteiger partial charge in [-0.15, -0.1) is 0 Å². The summed E-state index contributed by atoms with van der Waals surface area (Å²) in [5.74, 6) is 0. The van der Waals surface area contributed by atoms with Crippen molar-refractivity contribution in [2.45, 2.75) is 30.5 Å². The highest BCUT2D eigenvalue weighted by atomic mass is 32.2. The van der Waals surface area contributed by atoms with Crippen LogP contribution in [-0.4, -0.2) is 20.4 Å². The average Bonchev–Trinajstić information content (AvgIpc) is 2.60. The molecule has 2 rings (SSSR count). The molecule has 0 saturated heterocycles. The Bertz CT molecular complexity index is 1010. The number of benzene rings is 2. The molecule has 0 amide bonds. The summed E-state index contributed by atoms with van der Waals surface area (Å²) in [5.41, 5.74) is 5.02. The summed E-state index contributed by atoms with van der Waals surface area (Å²) >= 11 is 0. The Morgan fingerprint density at radius 3 is 2.39 bits per heavy atom. The van der Waals surface area contributed by atoms with E-state index in [4.69, 9.17) is 5.73 Å². The van der Waals surface area contributed by atoms with E-state index in [-0.39, 0.29) is 33.7 Å². The molecule has 7 nitrogen and oxygen atoms in total. The van der Waals surface area contributed by atoms with Crippen molar-refractivity contribution in [3.63, 3.8) is 0 Å². The molecule has 1 atom stereocenters. The summed E-state index contributed by atoms with van der Waals surface area (Å²) in [4.78, 5) is 10.1. The summed E-state index contributed by atoms with van der Waals surface area (Å²) in [6.07, 6.45) is -4.77. The average molecular weight is 417 g/mol. The third-order valence-electron chi connectivity index (χ3n) is 4.25. The molecule has 0 radical (unpaired) electrons. The minimum atomic E-state index is -4.56. The van der Waals surface area contributed by atoms with Crippen molar-refractivity contribution in [2.75, 3.05) is 7.05 Å². The van der Waals surface area contributed by atoms with Crippen LogP contribution in [0.15, 0.2) is 41.3 Å². The van der Waals surface area contributed by atoms with Gasteiger partial charge in [-0.3, -0.25) is 10.1 Å². The number of hydrogen-bond acceptors (Lipinski definition) is 5. The van der Waals surface area contributed by atoms with E-state index < -0.39 is 32.7 Å². The van der Waals surface area contributed by atoms with Crippen molar-refractivity contribution >= 4 is 15.7 Å². The summed E-state index contributed by atoms with van der Waals surface area (Å²) in [6, 6.07) is 5.76. The van der Waals surface area contributed by atoms with Crippen LogP contribution in [0.2, 0.25) is 0 Å². The highest BCUT2D eigenvalue weighted by Crippen LogP contribution is 2.34. The van der Waals surface area contributed by atoms with E-state index in [0.717, 1.165) is 24.3 Å². The topological polar surface area (TPSA) is 115 Å². The summed E-state index contributed by atoms with van der Waals surface area (Å²) < 4.78 is 65.8. The largest absolute Gasteiger partial charge is 0.416 e. The molecule has 0 heterocycles. The van der Waals surface area contributed by atoms with E-state index in [2.05, 4.69) is 4.72 Å². The molecule has 28 heavy (non-hydrogen) atoms. The molecule has 3 N–H and O–H groups in total. The maximum absolute atomic E-state index is 13.1. The standard InChI is InChI=1S/C17H18F3N3O4S/c1-10-3-4-11(8-14(10)17(18,19)20)15(21)9-12-7-13(23(24)25)5-6-16(12)28(26,27)22-2/h3-8,15,22H,9,21H2,1-2H3/t15-/m0/s1. The Labute approximate surface area is 159 Å². The summed E-state index contributed by atoms with van der Waals surface area (Å²) in [5, 5.41) is 11.0. The molecule has 11 heteroatoms. The number of nitro groups is 1. The van der Waals surface area contributed by atoms with E-state index in [1.54, 1.807) is 0 Å². The molecule has 0 aliphatic rings. The molecule has 0 saturated carbocycles. The van der Waals surface area contributed by atoms with Crippen molar-refractivity contribution in [2.24, 2.45) is 5.73 Å². The molecule has 0 fully saturated rings. The normalized spacial score (nSPS) is 13.4. The van der Waals surface area contributed by atoms with E-state index in [1.165, 1.54) is 26.1 Å². The Hall–Kier alpha value is -2.50. The number of nitro benzene ring substituents is 1. The van der Waals surface area contributed by atoms with Crippen LogP contribution in [0.4, 0.5) is 18.9 Å². The first-order valence-electron chi connectivity index (χ1n) is 8.01. The van der Waals surface area contributed by atoms with Gasteiger partial charge < -0.3 is 5.73 Å². The predicted octanol–water partition coefficient (Wildman–Crippen LogP) is 3.07. The van der Waals surface area contributed by atoms with Crippen molar-refractivity contribution in [1.82, 2.24) is 4.72 Å². The minimum Gasteiger partial charge on any atom is -0.324 e. The molecule has 2 aromatic carbocycles. The van der Waals surface area contributed by atoms with Crippen LogP contribution in [0.25, 0.3) is 0 Å². The molecule has 0 bridgehead atoms. The Morgan fingerprint density at radius 2 is 1.86 bits per heavy atom. The van der Waals surface area contributed by atoms with Gasteiger partial charge in [-0.2, -0.15) is 13.2 Å². The van der Waals surface area contributed by atoms with Crippen LogP contribution < -0.4 is 10.5 Å². The first-order chi connectivity index (χ1) is 12.9. The first-order valence-corrected chi connectivity index (χ1v) is 9.49. The Balaban J connectivity index is 2.50. The lowest BCUT2D eigenvalue weighted by Gasteiger charge is -2.18. The molecule has 152 valence electrons. The molecule has 0 unspecified atom stereocenters. The number of nitrogens with two attached hydrogens (primary N) is 1. The maximum atomic E-state index is 13.1. The first kappa shape index (κ1) is 21.8. The van der Waals surface area contributed by atoms with Gasteiger partial charge in [-0.25, -0.2) is 13.1 Å². The number of nitrogens with zero attached hydrogens (tertiary/aromatic N) is 1.